The van der Waals surface area contributed by atoms with Crippen molar-refractivity contribution >= 4 is 27.6 Å². The van der Waals surface area contributed by atoms with Gasteiger partial charge in [-0.3, -0.25) is 0 Å². The topological polar surface area (TPSA) is 88.9 Å². The third-order valence-electron chi connectivity index (χ3n) is 4.08. The monoisotopic (exact) mass is 398 g/mol. The molecular weight excluding hydrogens is 380 g/mol. The molecule has 2 heterocycles. The molecule has 0 aliphatic carbocycles. The van der Waals surface area contributed by atoms with E-state index in [4.69, 9.17) is 20.8 Å². The van der Waals surface area contributed by atoms with E-state index < -0.39 is 22.0 Å². The van der Waals surface area contributed by atoms with E-state index in [1.165, 1.54) is 16.4 Å². The van der Waals surface area contributed by atoms with Gasteiger partial charge < -0.3 is 14.5 Å². The largest absolute Gasteiger partial charge is 0.460 e. The zero-order valence-corrected chi connectivity index (χ0v) is 15.7. The zero-order valence-electron chi connectivity index (χ0n) is 14.1. The summed E-state index contributed by atoms with van der Waals surface area (Å²) in [5, 5.41) is 3.39. The molecule has 1 aliphatic heterocycles. The van der Waals surface area contributed by atoms with Crippen molar-refractivity contribution in [1.82, 2.24) is 9.62 Å². The summed E-state index contributed by atoms with van der Waals surface area (Å²) >= 11 is 6.27. The van der Waals surface area contributed by atoms with Gasteiger partial charge in [-0.1, -0.05) is 29.8 Å². The van der Waals surface area contributed by atoms with Gasteiger partial charge in [0.25, 0.3) is 10.0 Å². The van der Waals surface area contributed by atoms with Gasteiger partial charge >= 0.3 is 5.97 Å². The van der Waals surface area contributed by atoms with Crippen molar-refractivity contribution in [3.63, 3.8) is 0 Å². The molecule has 1 fully saturated rings. The van der Waals surface area contributed by atoms with Crippen LogP contribution in [0.25, 0.3) is 0 Å². The molecule has 1 atom stereocenters. The van der Waals surface area contributed by atoms with Crippen molar-refractivity contribution in [2.75, 3.05) is 26.2 Å². The van der Waals surface area contributed by atoms with Crippen LogP contribution in [0.4, 0.5) is 0 Å². The first-order valence-electron chi connectivity index (χ1n) is 8.19. The summed E-state index contributed by atoms with van der Waals surface area (Å²) < 4.78 is 37.6. The van der Waals surface area contributed by atoms with E-state index in [0.29, 0.717) is 23.7 Å². The Morgan fingerprint density at radius 1 is 1.35 bits per heavy atom. The van der Waals surface area contributed by atoms with E-state index in [9.17, 15) is 13.2 Å². The molecule has 9 heteroatoms. The number of esters is 1. The molecule has 0 radical (unpaired) electrons. The summed E-state index contributed by atoms with van der Waals surface area (Å²) in [5.74, 6) is -0.841. The van der Waals surface area contributed by atoms with Gasteiger partial charge in [-0.15, -0.1) is 0 Å². The van der Waals surface area contributed by atoms with Crippen molar-refractivity contribution in [3.05, 3.63) is 52.7 Å². The number of carbonyl (C=O) groups excluding carboxylic acids is 1. The fraction of sp³-hybridized carbons (Fsp3) is 0.353. The van der Waals surface area contributed by atoms with Crippen LogP contribution in [0.2, 0.25) is 5.02 Å². The fourth-order valence-electron chi connectivity index (χ4n) is 2.87. The summed E-state index contributed by atoms with van der Waals surface area (Å²) in [6, 6.07) is 9.23. The van der Waals surface area contributed by atoms with Gasteiger partial charge in [0.1, 0.15) is 0 Å². The van der Waals surface area contributed by atoms with Gasteiger partial charge in [-0.25, -0.2) is 13.2 Å². The average Bonchev–Trinajstić information content (AvgIpc) is 3.13. The second-order valence-electron chi connectivity index (χ2n) is 5.70. The first kappa shape index (κ1) is 18.9. The molecule has 3 rings (SSSR count). The Morgan fingerprint density at radius 2 is 2.12 bits per heavy atom. The van der Waals surface area contributed by atoms with E-state index >= 15 is 0 Å². The molecule has 0 bridgehead atoms. The highest BCUT2D eigenvalue weighted by Gasteiger charge is 2.37. The highest BCUT2D eigenvalue weighted by atomic mass is 35.5. The molecule has 1 aliphatic rings. The molecule has 1 unspecified atom stereocenters. The summed E-state index contributed by atoms with van der Waals surface area (Å²) in [6.07, 6.45) is 0. The summed E-state index contributed by atoms with van der Waals surface area (Å²) in [4.78, 5) is 11.7. The smallest absolute Gasteiger partial charge is 0.374 e. The molecule has 140 valence electrons. The van der Waals surface area contributed by atoms with E-state index in [1.54, 1.807) is 25.1 Å². The number of halogens is 1. The Hall–Kier alpha value is -1.87. The van der Waals surface area contributed by atoms with Gasteiger partial charge in [0.2, 0.25) is 10.9 Å². The van der Waals surface area contributed by atoms with Gasteiger partial charge in [-0.2, -0.15) is 4.31 Å². The zero-order chi connectivity index (χ0) is 18.7. The minimum absolute atomic E-state index is 0.144. The Bertz CT molecular complexity index is 896. The number of hydrogen-bond acceptors (Lipinski definition) is 6. The maximum absolute atomic E-state index is 13.1. The van der Waals surface area contributed by atoms with Crippen molar-refractivity contribution in [3.8, 4) is 0 Å². The number of sulfonamides is 1. The van der Waals surface area contributed by atoms with Crippen LogP contribution in [-0.2, 0) is 14.8 Å². The van der Waals surface area contributed by atoms with E-state index in [1.807, 2.05) is 6.07 Å². The van der Waals surface area contributed by atoms with Crippen LogP contribution in [0.1, 0.15) is 29.1 Å². The second-order valence-corrected chi connectivity index (χ2v) is 7.93. The number of benzene rings is 1. The molecular formula is C17H19ClN2O5S. The predicted molar refractivity (Wildman–Crippen MR) is 95.6 cm³/mol. The second kappa shape index (κ2) is 7.79. The van der Waals surface area contributed by atoms with Crippen LogP contribution in [-0.4, -0.2) is 44.9 Å². The van der Waals surface area contributed by atoms with Crippen molar-refractivity contribution in [1.29, 1.82) is 0 Å². The summed E-state index contributed by atoms with van der Waals surface area (Å²) in [6.45, 7) is 3.02. The third kappa shape index (κ3) is 3.64. The molecule has 26 heavy (non-hydrogen) atoms. The number of piperazine rings is 1. The van der Waals surface area contributed by atoms with Crippen LogP contribution in [0.15, 0.2) is 45.9 Å². The van der Waals surface area contributed by atoms with Crippen molar-refractivity contribution in [2.45, 2.75) is 18.1 Å². The third-order valence-corrected chi connectivity index (χ3v) is 6.21. The van der Waals surface area contributed by atoms with Crippen LogP contribution in [0.5, 0.6) is 0 Å². The molecule has 1 N–H and O–H groups in total. The van der Waals surface area contributed by atoms with Gasteiger partial charge in [0.15, 0.2) is 0 Å². The quantitative estimate of drug-likeness (QED) is 0.778. The highest BCUT2D eigenvalue weighted by Crippen LogP contribution is 2.33. The lowest BCUT2D eigenvalue weighted by molar-refractivity contribution is 0.0483. The molecule has 1 saturated heterocycles. The number of rotatable bonds is 5. The standard InChI is InChI=1S/C17H19ClN2O5S/c1-2-24-17(21)15-7-8-16(25-15)26(22,23)20-10-9-19-11-14(20)12-5-3-4-6-13(12)18/h3-8,14,19H,2,9-11H2,1H3. The Labute approximate surface area is 156 Å². The number of nitrogens with zero attached hydrogens (tertiary/aromatic N) is 1. The molecule has 1 aromatic heterocycles. The highest BCUT2D eigenvalue weighted by molar-refractivity contribution is 7.89. The Morgan fingerprint density at radius 3 is 2.85 bits per heavy atom. The first-order chi connectivity index (χ1) is 12.4. The number of furan rings is 1. The van der Waals surface area contributed by atoms with E-state index in [0.717, 1.165) is 0 Å². The number of hydrogen-bond donors (Lipinski definition) is 1. The van der Waals surface area contributed by atoms with Crippen molar-refractivity contribution < 1.29 is 22.4 Å². The molecule has 0 amide bonds. The van der Waals surface area contributed by atoms with Crippen LogP contribution in [0.3, 0.4) is 0 Å². The van der Waals surface area contributed by atoms with Gasteiger partial charge in [0, 0.05) is 24.7 Å². The van der Waals surface area contributed by atoms with Gasteiger partial charge in [0.05, 0.1) is 12.6 Å². The lowest BCUT2D eigenvalue weighted by atomic mass is 10.1. The minimum atomic E-state index is -3.94. The maximum Gasteiger partial charge on any atom is 0.374 e. The van der Waals surface area contributed by atoms with Crippen molar-refractivity contribution in [2.24, 2.45) is 0 Å². The number of nitrogens with one attached hydrogen (secondary N) is 1. The Kier molecular flexibility index (Phi) is 5.67. The van der Waals surface area contributed by atoms with Crippen LogP contribution >= 0.6 is 11.6 Å². The molecule has 2 aromatic rings. The molecule has 0 spiro atoms. The van der Waals surface area contributed by atoms with Crippen LogP contribution in [0, 0.1) is 0 Å². The minimum Gasteiger partial charge on any atom is -0.460 e. The molecule has 0 saturated carbocycles. The number of carbonyl (C=O) groups is 1. The van der Waals surface area contributed by atoms with Crippen LogP contribution < -0.4 is 5.32 Å². The predicted octanol–water partition coefficient (Wildman–Crippen LogP) is 2.44. The van der Waals surface area contributed by atoms with E-state index in [-0.39, 0.29) is 24.0 Å². The molecule has 1 aromatic carbocycles. The lowest BCUT2D eigenvalue weighted by Gasteiger charge is -2.35. The Balaban J connectivity index is 1.94. The average molecular weight is 399 g/mol. The normalized spacial score (nSPS) is 18.6. The van der Waals surface area contributed by atoms with E-state index in [2.05, 4.69) is 5.32 Å². The van der Waals surface area contributed by atoms with Gasteiger partial charge in [-0.05, 0) is 30.7 Å². The fourth-order valence-corrected chi connectivity index (χ4v) is 4.65. The maximum atomic E-state index is 13.1. The molecule has 7 nitrogen and oxygen atoms in total. The SMILES string of the molecule is CCOC(=O)c1ccc(S(=O)(=O)N2CCNCC2c2ccccc2Cl)o1. The lowest BCUT2D eigenvalue weighted by Crippen LogP contribution is -2.48. The number of ether oxygens (including phenoxy) is 1. The summed E-state index contributed by atoms with van der Waals surface area (Å²) in [5.41, 5.74) is 0.710. The first-order valence-corrected chi connectivity index (χ1v) is 10.0. The summed E-state index contributed by atoms with van der Waals surface area (Å²) in [7, 11) is -3.94.